The summed E-state index contributed by atoms with van der Waals surface area (Å²) in [5, 5.41) is 13.6. The molecule has 0 aromatic carbocycles. The minimum Gasteiger partial charge on any atom is -0.480 e. The highest BCUT2D eigenvalue weighted by molar-refractivity contribution is 5.83. The Morgan fingerprint density at radius 2 is 1.94 bits per heavy atom. The molecular weight excluding hydrogens is 212 g/mol. The van der Waals surface area contributed by atoms with E-state index in [9.17, 15) is 14.4 Å². The van der Waals surface area contributed by atoms with E-state index in [4.69, 9.17) is 5.11 Å². The minimum absolute atomic E-state index is 0.0904. The summed E-state index contributed by atoms with van der Waals surface area (Å²) in [6, 6.07) is -0.838. The van der Waals surface area contributed by atoms with Crippen LogP contribution in [0.1, 0.15) is 33.1 Å². The monoisotopic (exact) mass is 230 g/mol. The lowest BCUT2D eigenvalue weighted by atomic mass is 10.1. The lowest BCUT2D eigenvalue weighted by Gasteiger charge is -2.13. The molecule has 1 unspecified atom stereocenters. The molecule has 0 fully saturated rings. The van der Waals surface area contributed by atoms with E-state index < -0.39 is 12.0 Å². The average molecular weight is 230 g/mol. The van der Waals surface area contributed by atoms with Gasteiger partial charge < -0.3 is 15.7 Å². The van der Waals surface area contributed by atoms with Crippen molar-refractivity contribution >= 4 is 17.8 Å². The van der Waals surface area contributed by atoms with Gasteiger partial charge in [0.05, 0.1) is 0 Å². The molecule has 0 aliphatic carbocycles. The number of rotatable bonds is 7. The molecule has 0 aromatic rings. The number of carboxylic acids is 1. The van der Waals surface area contributed by atoms with E-state index in [2.05, 4.69) is 10.6 Å². The summed E-state index contributed by atoms with van der Waals surface area (Å²) >= 11 is 0. The number of hydrogen-bond acceptors (Lipinski definition) is 3. The maximum absolute atomic E-state index is 11.3. The molecule has 92 valence electrons. The van der Waals surface area contributed by atoms with E-state index in [1.807, 2.05) is 6.92 Å². The molecule has 0 aliphatic heterocycles. The molecule has 0 saturated carbocycles. The third-order valence-electron chi connectivity index (χ3n) is 1.94. The van der Waals surface area contributed by atoms with Crippen molar-refractivity contribution < 1.29 is 19.5 Å². The third kappa shape index (κ3) is 6.80. The predicted molar refractivity (Wildman–Crippen MR) is 57.8 cm³/mol. The van der Waals surface area contributed by atoms with Gasteiger partial charge in [-0.05, 0) is 6.42 Å². The first-order valence-corrected chi connectivity index (χ1v) is 5.24. The third-order valence-corrected chi connectivity index (χ3v) is 1.94. The van der Waals surface area contributed by atoms with Crippen LogP contribution < -0.4 is 10.6 Å². The first-order valence-electron chi connectivity index (χ1n) is 5.24. The van der Waals surface area contributed by atoms with Crippen LogP contribution in [0.25, 0.3) is 0 Å². The predicted octanol–water partition coefficient (Wildman–Crippen LogP) is -0.118. The number of hydrogen-bond donors (Lipinski definition) is 3. The quantitative estimate of drug-likeness (QED) is 0.568. The second-order valence-electron chi connectivity index (χ2n) is 3.48. The fraction of sp³-hybridized carbons (Fsp3) is 0.700. The number of aliphatic carboxylic acids is 1. The van der Waals surface area contributed by atoms with Gasteiger partial charge in [0.1, 0.15) is 6.04 Å². The van der Waals surface area contributed by atoms with Crippen LogP contribution in [0.4, 0.5) is 0 Å². The molecule has 0 aromatic heterocycles. The molecule has 1 atom stereocenters. The van der Waals surface area contributed by atoms with E-state index in [0.29, 0.717) is 12.8 Å². The number of nitrogens with one attached hydrogen (secondary N) is 2. The van der Waals surface area contributed by atoms with Crippen molar-refractivity contribution in [3.8, 4) is 0 Å². The normalized spacial score (nSPS) is 11.6. The number of carbonyl (C=O) groups excluding carboxylic acids is 2. The van der Waals surface area contributed by atoms with E-state index in [1.54, 1.807) is 0 Å². The smallest absolute Gasteiger partial charge is 0.326 e. The van der Waals surface area contributed by atoms with Gasteiger partial charge in [0.15, 0.2) is 0 Å². The average Bonchev–Trinajstić information content (AvgIpc) is 2.16. The second kappa shape index (κ2) is 7.67. The SMILES string of the molecule is CCCC(NC(=O)CCNC(C)=O)C(=O)O. The molecular formula is C10H18N2O4. The van der Waals surface area contributed by atoms with Crippen molar-refractivity contribution in [1.82, 2.24) is 10.6 Å². The molecule has 0 aliphatic rings. The van der Waals surface area contributed by atoms with Crippen molar-refractivity contribution in [1.29, 1.82) is 0 Å². The first-order chi connectivity index (χ1) is 7.47. The number of carbonyl (C=O) groups is 3. The Kier molecular flexibility index (Phi) is 6.91. The van der Waals surface area contributed by atoms with Crippen molar-refractivity contribution in [3.05, 3.63) is 0 Å². The lowest BCUT2D eigenvalue weighted by molar-refractivity contribution is -0.142. The Hall–Kier alpha value is -1.59. The zero-order chi connectivity index (χ0) is 12.6. The molecule has 16 heavy (non-hydrogen) atoms. The largest absolute Gasteiger partial charge is 0.480 e. The summed E-state index contributed by atoms with van der Waals surface area (Å²) in [7, 11) is 0. The molecule has 3 N–H and O–H groups in total. The molecule has 0 saturated heterocycles. The molecule has 0 spiro atoms. The zero-order valence-corrected chi connectivity index (χ0v) is 9.58. The Morgan fingerprint density at radius 3 is 2.38 bits per heavy atom. The zero-order valence-electron chi connectivity index (χ0n) is 9.58. The Morgan fingerprint density at radius 1 is 1.31 bits per heavy atom. The maximum Gasteiger partial charge on any atom is 0.326 e. The standard InChI is InChI=1S/C10H18N2O4/c1-3-4-8(10(15)16)12-9(14)5-6-11-7(2)13/h8H,3-6H2,1-2H3,(H,11,13)(H,12,14)(H,15,16). The summed E-state index contributed by atoms with van der Waals surface area (Å²) in [6.07, 6.45) is 1.18. The Bertz CT molecular complexity index is 266. The number of amides is 2. The van der Waals surface area contributed by atoms with Crippen LogP contribution in [0.2, 0.25) is 0 Å². The van der Waals surface area contributed by atoms with Gasteiger partial charge in [0.2, 0.25) is 11.8 Å². The van der Waals surface area contributed by atoms with Crippen molar-refractivity contribution in [3.63, 3.8) is 0 Å². The van der Waals surface area contributed by atoms with Crippen LogP contribution in [0, 0.1) is 0 Å². The van der Waals surface area contributed by atoms with Crippen molar-refractivity contribution in [2.75, 3.05) is 6.54 Å². The van der Waals surface area contributed by atoms with Gasteiger partial charge in [-0.2, -0.15) is 0 Å². The minimum atomic E-state index is -1.03. The highest BCUT2D eigenvalue weighted by atomic mass is 16.4. The maximum atomic E-state index is 11.3. The lowest BCUT2D eigenvalue weighted by Crippen LogP contribution is -2.41. The van der Waals surface area contributed by atoms with Gasteiger partial charge >= 0.3 is 5.97 Å². The topological polar surface area (TPSA) is 95.5 Å². The molecule has 6 heteroatoms. The van der Waals surface area contributed by atoms with Gasteiger partial charge in [-0.15, -0.1) is 0 Å². The molecule has 0 rings (SSSR count). The van der Waals surface area contributed by atoms with Gasteiger partial charge in [0, 0.05) is 19.9 Å². The van der Waals surface area contributed by atoms with Crippen molar-refractivity contribution in [2.45, 2.75) is 39.2 Å². The highest BCUT2D eigenvalue weighted by Gasteiger charge is 2.18. The van der Waals surface area contributed by atoms with E-state index in [1.165, 1.54) is 6.92 Å². The highest BCUT2D eigenvalue weighted by Crippen LogP contribution is 1.97. The van der Waals surface area contributed by atoms with Gasteiger partial charge in [-0.1, -0.05) is 13.3 Å². The number of carboxylic acid groups (broad SMARTS) is 1. The molecule has 0 bridgehead atoms. The molecule has 6 nitrogen and oxygen atoms in total. The van der Waals surface area contributed by atoms with Crippen molar-refractivity contribution in [2.24, 2.45) is 0 Å². The van der Waals surface area contributed by atoms with E-state index in [-0.39, 0.29) is 24.8 Å². The van der Waals surface area contributed by atoms with Gasteiger partial charge in [0.25, 0.3) is 0 Å². The van der Waals surface area contributed by atoms with Crippen LogP contribution in [-0.2, 0) is 14.4 Å². The molecule has 0 heterocycles. The molecule has 0 radical (unpaired) electrons. The Balaban J connectivity index is 3.90. The summed E-state index contributed by atoms with van der Waals surface area (Å²) < 4.78 is 0. The second-order valence-corrected chi connectivity index (χ2v) is 3.48. The summed E-state index contributed by atoms with van der Waals surface area (Å²) in [6.45, 7) is 3.42. The van der Waals surface area contributed by atoms with E-state index in [0.717, 1.165) is 0 Å². The first kappa shape index (κ1) is 14.4. The van der Waals surface area contributed by atoms with Crippen LogP contribution >= 0.6 is 0 Å². The van der Waals surface area contributed by atoms with Gasteiger partial charge in [-0.25, -0.2) is 4.79 Å². The van der Waals surface area contributed by atoms with Crippen LogP contribution in [0.15, 0.2) is 0 Å². The fourth-order valence-electron chi connectivity index (χ4n) is 1.16. The van der Waals surface area contributed by atoms with Gasteiger partial charge in [-0.3, -0.25) is 9.59 Å². The fourth-order valence-corrected chi connectivity index (χ4v) is 1.16. The summed E-state index contributed by atoms with van der Waals surface area (Å²) in [5.74, 6) is -1.61. The Labute approximate surface area is 94.4 Å². The van der Waals surface area contributed by atoms with Crippen LogP contribution in [0.5, 0.6) is 0 Å². The van der Waals surface area contributed by atoms with E-state index >= 15 is 0 Å². The van der Waals surface area contributed by atoms with Crippen LogP contribution in [0.3, 0.4) is 0 Å². The molecule has 2 amide bonds. The summed E-state index contributed by atoms with van der Waals surface area (Å²) in [5.41, 5.74) is 0. The summed E-state index contributed by atoms with van der Waals surface area (Å²) in [4.78, 5) is 32.5. The van der Waals surface area contributed by atoms with Crippen LogP contribution in [-0.4, -0.2) is 35.5 Å².